The lowest BCUT2D eigenvalue weighted by molar-refractivity contribution is 0.393. The van der Waals surface area contributed by atoms with Gasteiger partial charge in [-0.2, -0.15) is 11.8 Å². The van der Waals surface area contributed by atoms with E-state index in [1.165, 1.54) is 17.9 Å². The quantitative estimate of drug-likeness (QED) is 0.576. The van der Waals surface area contributed by atoms with E-state index in [9.17, 15) is 0 Å². The van der Waals surface area contributed by atoms with E-state index in [4.69, 9.17) is 5.73 Å². The van der Waals surface area contributed by atoms with Gasteiger partial charge in [0.15, 0.2) is 0 Å². The van der Waals surface area contributed by atoms with Gasteiger partial charge in [0, 0.05) is 0 Å². The van der Waals surface area contributed by atoms with Crippen molar-refractivity contribution in [2.45, 2.75) is 13.3 Å². The largest absolute Gasteiger partial charge is 0.330 e. The second kappa shape index (κ2) is 2.28. The molecule has 1 heterocycles. The lowest BCUT2D eigenvalue weighted by Crippen LogP contribution is -2.26. The van der Waals surface area contributed by atoms with Crippen LogP contribution in [-0.4, -0.2) is 18.1 Å². The zero-order valence-electron chi connectivity index (χ0n) is 5.31. The molecule has 0 aliphatic carbocycles. The molecule has 1 atom stereocenters. The van der Waals surface area contributed by atoms with Gasteiger partial charge in [0.25, 0.3) is 0 Å². The zero-order chi connectivity index (χ0) is 6.04. The first-order valence-corrected chi connectivity index (χ1v) is 4.20. The molecule has 1 nitrogen and oxygen atoms in total. The Kier molecular flexibility index (Phi) is 1.83. The summed E-state index contributed by atoms with van der Waals surface area (Å²) in [7, 11) is 0. The van der Waals surface area contributed by atoms with E-state index in [2.05, 4.69) is 6.92 Å². The van der Waals surface area contributed by atoms with E-state index in [1.807, 2.05) is 11.8 Å². The Balaban J connectivity index is 2.40. The van der Waals surface area contributed by atoms with Crippen molar-refractivity contribution in [1.29, 1.82) is 0 Å². The maximum absolute atomic E-state index is 5.55. The summed E-state index contributed by atoms with van der Waals surface area (Å²) in [6.07, 6.45) is 1.31. The smallest absolute Gasteiger partial charge is 0.000108 e. The highest BCUT2D eigenvalue weighted by molar-refractivity contribution is 7.99. The second-order valence-corrected chi connectivity index (χ2v) is 3.92. The second-order valence-electron chi connectivity index (χ2n) is 2.82. The summed E-state index contributed by atoms with van der Waals surface area (Å²) >= 11 is 2.03. The molecule has 0 aromatic rings. The summed E-state index contributed by atoms with van der Waals surface area (Å²) in [5, 5.41) is 0. The predicted molar refractivity (Wildman–Crippen MR) is 39.1 cm³/mol. The van der Waals surface area contributed by atoms with E-state index in [0.29, 0.717) is 5.41 Å². The van der Waals surface area contributed by atoms with E-state index in [1.54, 1.807) is 0 Å². The van der Waals surface area contributed by atoms with Crippen molar-refractivity contribution in [2.24, 2.45) is 11.1 Å². The van der Waals surface area contributed by atoms with Crippen molar-refractivity contribution >= 4 is 11.8 Å². The van der Waals surface area contributed by atoms with Crippen LogP contribution in [-0.2, 0) is 0 Å². The number of rotatable bonds is 1. The van der Waals surface area contributed by atoms with Crippen molar-refractivity contribution in [3.63, 3.8) is 0 Å². The first-order valence-electron chi connectivity index (χ1n) is 3.05. The maximum Gasteiger partial charge on any atom is -0.000108 e. The molecule has 1 unspecified atom stereocenters. The van der Waals surface area contributed by atoms with Gasteiger partial charge in [-0.1, -0.05) is 6.92 Å². The minimum atomic E-state index is 0.477. The standard InChI is InChI=1S/C6H13NS/c1-6(4-7)2-3-8-5-6/h2-5,7H2,1H3. The Morgan fingerprint density at radius 2 is 2.50 bits per heavy atom. The minimum Gasteiger partial charge on any atom is -0.330 e. The molecule has 1 fully saturated rings. The first-order chi connectivity index (χ1) is 3.77. The van der Waals surface area contributed by atoms with Gasteiger partial charge in [-0.15, -0.1) is 0 Å². The van der Waals surface area contributed by atoms with E-state index in [-0.39, 0.29) is 0 Å². The molecule has 48 valence electrons. The zero-order valence-corrected chi connectivity index (χ0v) is 6.13. The maximum atomic E-state index is 5.55. The summed E-state index contributed by atoms with van der Waals surface area (Å²) in [4.78, 5) is 0. The Morgan fingerprint density at radius 1 is 1.75 bits per heavy atom. The third-order valence-electron chi connectivity index (χ3n) is 1.79. The van der Waals surface area contributed by atoms with Crippen LogP contribution < -0.4 is 5.73 Å². The van der Waals surface area contributed by atoms with Gasteiger partial charge in [0.2, 0.25) is 0 Å². The number of hydrogen-bond acceptors (Lipinski definition) is 2. The summed E-state index contributed by atoms with van der Waals surface area (Å²) in [5.41, 5.74) is 6.03. The molecule has 0 spiro atoms. The molecule has 1 aliphatic heterocycles. The number of nitrogens with two attached hydrogens (primary N) is 1. The molecule has 0 aromatic heterocycles. The Labute approximate surface area is 55.0 Å². The highest BCUT2D eigenvalue weighted by atomic mass is 32.2. The fraction of sp³-hybridized carbons (Fsp3) is 1.00. The molecule has 2 heteroatoms. The molecule has 1 saturated heterocycles. The topological polar surface area (TPSA) is 26.0 Å². The van der Waals surface area contributed by atoms with E-state index >= 15 is 0 Å². The molecule has 0 amide bonds. The van der Waals surface area contributed by atoms with Crippen molar-refractivity contribution in [2.75, 3.05) is 18.1 Å². The Morgan fingerprint density at radius 3 is 2.75 bits per heavy atom. The number of thioether (sulfide) groups is 1. The van der Waals surface area contributed by atoms with Gasteiger partial charge < -0.3 is 5.73 Å². The van der Waals surface area contributed by atoms with Gasteiger partial charge in [-0.25, -0.2) is 0 Å². The van der Waals surface area contributed by atoms with Crippen LogP contribution in [0.4, 0.5) is 0 Å². The average molecular weight is 131 g/mol. The van der Waals surface area contributed by atoms with Gasteiger partial charge in [0.1, 0.15) is 0 Å². The normalized spacial score (nSPS) is 38.2. The van der Waals surface area contributed by atoms with E-state index in [0.717, 1.165) is 6.54 Å². The van der Waals surface area contributed by atoms with Gasteiger partial charge >= 0.3 is 0 Å². The summed E-state index contributed by atoms with van der Waals surface area (Å²) in [5.74, 6) is 2.58. The molecule has 0 bridgehead atoms. The van der Waals surface area contributed by atoms with Crippen molar-refractivity contribution in [3.05, 3.63) is 0 Å². The van der Waals surface area contributed by atoms with Crippen LogP contribution in [0, 0.1) is 5.41 Å². The highest BCUT2D eigenvalue weighted by Gasteiger charge is 2.26. The molecular weight excluding hydrogens is 118 g/mol. The van der Waals surface area contributed by atoms with Crippen molar-refractivity contribution < 1.29 is 0 Å². The van der Waals surface area contributed by atoms with Crippen LogP contribution in [0.3, 0.4) is 0 Å². The summed E-state index contributed by atoms with van der Waals surface area (Å²) < 4.78 is 0. The van der Waals surface area contributed by atoms with Gasteiger partial charge in [0.05, 0.1) is 0 Å². The molecule has 1 aliphatic rings. The van der Waals surface area contributed by atoms with E-state index < -0.39 is 0 Å². The monoisotopic (exact) mass is 131 g/mol. The third-order valence-corrected chi connectivity index (χ3v) is 3.19. The summed E-state index contributed by atoms with van der Waals surface area (Å²) in [6, 6.07) is 0. The molecule has 2 N–H and O–H groups in total. The summed E-state index contributed by atoms with van der Waals surface area (Å²) in [6.45, 7) is 3.13. The van der Waals surface area contributed by atoms with Crippen LogP contribution in [0.5, 0.6) is 0 Å². The fourth-order valence-corrected chi connectivity index (χ4v) is 2.41. The molecule has 8 heavy (non-hydrogen) atoms. The van der Waals surface area contributed by atoms with Crippen LogP contribution in [0.15, 0.2) is 0 Å². The molecule has 0 aromatic carbocycles. The minimum absolute atomic E-state index is 0.477. The predicted octanol–water partition coefficient (Wildman–Crippen LogP) is 1.09. The number of hydrogen-bond donors (Lipinski definition) is 1. The van der Waals surface area contributed by atoms with Gasteiger partial charge in [-0.3, -0.25) is 0 Å². The van der Waals surface area contributed by atoms with Crippen LogP contribution in [0.1, 0.15) is 13.3 Å². The van der Waals surface area contributed by atoms with Crippen molar-refractivity contribution in [3.8, 4) is 0 Å². The first kappa shape index (κ1) is 6.43. The fourth-order valence-electron chi connectivity index (χ4n) is 0.870. The molecule has 0 saturated carbocycles. The van der Waals surface area contributed by atoms with Crippen LogP contribution in [0.25, 0.3) is 0 Å². The molecule has 1 rings (SSSR count). The van der Waals surface area contributed by atoms with Crippen LogP contribution in [0.2, 0.25) is 0 Å². The SMILES string of the molecule is CC1(CN)CCSC1. The Hall–Kier alpha value is 0.310. The average Bonchev–Trinajstić information content (AvgIpc) is 2.17. The van der Waals surface area contributed by atoms with Gasteiger partial charge in [-0.05, 0) is 29.9 Å². The lowest BCUT2D eigenvalue weighted by atomic mass is 9.91. The molecular formula is C6H13NS. The van der Waals surface area contributed by atoms with Crippen LogP contribution >= 0.6 is 11.8 Å². The van der Waals surface area contributed by atoms with Crippen molar-refractivity contribution in [1.82, 2.24) is 0 Å². The molecule has 0 radical (unpaired) electrons. The lowest BCUT2D eigenvalue weighted by Gasteiger charge is -2.18. The highest BCUT2D eigenvalue weighted by Crippen LogP contribution is 2.33. The third kappa shape index (κ3) is 1.17. The Bertz CT molecular complexity index is 76.6.